The van der Waals surface area contributed by atoms with Crippen LogP contribution >= 0.6 is 0 Å². The Morgan fingerprint density at radius 2 is 1.79 bits per heavy atom. The second-order valence-electron chi connectivity index (χ2n) is 6.53. The molecule has 0 radical (unpaired) electrons. The van der Waals surface area contributed by atoms with Crippen LogP contribution in [-0.4, -0.2) is 18.4 Å². The van der Waals surface area contributed by atoms with Crippen LogP contribution in [0.15, 0.2) is 42.5 Å². The van der Waals surface area contributed by atoms with Gasteiger partial charge in [0.1, 0.15) is 12.2 Å². The fourth-order valence-corrected chi connectivity index (χ4v) is 2.76. The lowest BCUT2D eigenvalue weighted by Crippen LogP contribution is -2.23. The maximum absolute atomic E-state index is 12.0. The highest BCUT2D eigenvalue weighted by molar-refractivity contribution is 5.92. The predicted molar refractivity (Wildman–Crippen MR) is 108 cm³/mol. The van der Waals surface area contributed by atoms with E-state index < -0.39 is 0 Å². The van der Waals surface area contributed by atoms with E-state index in [1.165, 1.54) is 0 Å². The topological polar surface area (TPSA) is 91.2 Å². The molecular formula is C22H25N3O3. The Bertz CT molecular complexity index is 851. The van der Waals surface area contributed by atoms with Crippen molar-refractivity contribution in [2.45, 2.75) is 39.7 Å². The monoisotopic (exact) mass is 379 g/mol. The summed E-state index contributed by atoms with van der Waals surface area (Å²) in [5.41, 5.74) is 3.65. The second-order valence-corrected chi connectivity index (χ2v) is 6.53. The summed E-state index contributed by atoms with van der Waals surface area (Å²) in [4.78, 5) is 23.5. The summed E-state index contributed by atoms with van der Waals surface area (Å²) in [5, 5.41) is 14.0. The number of benzene rings is 2. The maximum Gasteiger partial charge on any atom is 0.238 e. The first-order valence-electron chi connectivity index (χ1n) is 9.21. The van der Waals surface area contributed by atoms with Crippen molar-refractivity contribution in [2.75, 3.05) is 11.9 Å². The molecule has 0 aliphatic heterocycles. The van der Waals surface area contributed by atoms with Crippen LogP contribution in [0.5, 0.6) is 5.75 Å². The number of hydrogen-bond acceptors (Lipinski definition) is 4. The number of rotatable bonds is 9. The molecule has 0 saturated heterocycles. The van der Waals surface area contributed by atoms with Gasteiger partial charge in [-0.1, -0.05) is 30.3 Å². The zero-order valence-corrected chi connectivity index (χ0v) is 16.2. The van der Waals surface area contributed by atoms with Gasteiger partial charge in [0.15, 0.2) is 0 Å². The smallest absolute Gasteiger partial charge is 0.238 e. The third kappa shape index (κ3) is 6.76. The quantitative estimate of drug-likeness (QED) is 0.651. The Labute approximate surface area is 165 Å². The van der Waals surface area contributed by atoms with Crippen LogP contribution in [0.3, 0.4) is 0 Å². The molecule has 0 aromatic heterocycles. The minimum absolute atomic E-state index is 0.0518. The van der Waals surface area contributed by atoms with Gasteiger partial charge < -0.3 is 15.4 Å². The van der Waals surface area contributed by atoms with E-state index in [1.54, 1.807) is 24.3 Å². The number of carbonyl (C=O) groups excluding carboxylic acids is 2. The summed E-state index contributed by atoms with van der Waals surface area (Å²) in [6, 6.07) is 15.0. The molecule has 0 atom stereocenters. The van der Waals surface area contributed by atoms with Gasteiger partial charge in [0.2, 0.25) is 11.8 Å². The Kier molecular flexibility index (Phi) is 8.04. The number of nitriles is 1. The van der Waals surface area contributed by atoms with Crippen molar-refractivity contribution in [3.8, 4) is 11.8 Å². The number of nitrogens with zero attached hydrogens (tertiary/aromatic N) is 1. The summed E-state index contributed by atoms with van der Waals surface area (Å²) >= 11 is 0. The van der Waals surface area contributed by atoms with E-state index in [1.807, 2.05) is 38.1 Å². The molecule has 0 heterocycles. The standard InChI is InChI=1S/C22H25N3O3/c1-16-6-3-7-17(2)22(16)28-13-5-10-20(26)24-15-18-8-4-9-19(14-18)25-21(27)11-12-23/h3-4,6-9,14H,5,10-11,13,15H2,1-2H3,(H,24,26)(H,25,27). The van der Waals surface area contributed by atoms with E-state index in [-0.39, 0.29) is 18.2 Å². The number of ether oxygens (including phenoxy) is 1. The fraction of sp³-hybridized carbons (Fsp3) is 0.318. The van der Waals surface area contributed by atoms with E-state index in [0.717, 1.165) is 22.4 Å². The largest absolute Gasteiger partial charge is 0.493 e. The molecule has 0 aliphatic rings. The average Bonchev–Trinajstić information content (AvgIpc) is 2.66. The normalized spacial score (nSPS) is 10.0. The third-order valence-corrected chi connectivity index (χ3v) is 4.14. The van der Waals surface area contributed by atoms with Crippen LogP contribution in [0.2, 0.25) is 0 Å². The SMILES string of the molecule is Cc1cccc(C)c1OCCCC(=O)NCc1cccc(NC(=O)CC#N)c1. The molecule has 2 amide bonds. The molecule has 0 spiro atoms. The van der Waals surface area contributed by atoms with Crippen molar-refractivity contribution < 1.29 is 14.3 Å². The first kappa shape index (κ1) is 21.0. The highest BCUT2D eigenvalue weighted by Gasteiger charge is 2.06. The predicted octanol–water partition coefficient (Wildman–Crippen LogP) is 3.63. The summed E-state index contributed by atoms with van der Waals surface area (Å²) in [6.45, 7) is 4.87. The number of aryl methyl sites for hydroxylation is 2. The summed E-state index contributed by atoms with van der Waals surface area (Å²) in [6.07, 6.45) is 0.818. The molecule has 0 aliphatic carbocycles. The van der Waals surface area contributed by atoms with Crippen LogP contribution in [0.4, 0.5) is 5.69 Å². The van der Waals surface area contributed by atoms with Crippen LogP contribution in [-0.2, 0) is 16.1 Å². The molecule has 6 heteroatoms. The number of carbonyl (C=O) groups is 2. The molecule has 2 rings (SSSR count). The van der Waals surface area contributed by atoms with Crippen molar-refractivity contribution in [2.24, 2.45) is 0 Å². The average molecular weight is 379 g/mol. The van der Waals surface area contributed by atoms with Crippen LogP contribution in [0, 0.1) is 25.2 Å². The van der Waals surface area contributed by atoms with Gasteiger partial charge in [-0.15, -0.1) is 0 Å². The van der Waals surface area contributed by atoms with Crippen molar-refractivity contribution in [3.05, 3.63) is 59.2 Å². The molecule has 2 aromatic rings. The molecule has 0 saturated carbocycles. The highest BCUT2D eigenvalue weighted by atomic mass is 16.5. The first-order chi connectivity index (χ1) is 13.5. The summed E-state index contributed by atoms with van der Waals surface area (Å²) in [7, 11) is 0. The Hall–Kier alpha value is -3.33. The third-order valence-electron chi connectivity index (χ3n) is 4.14. The fourth-order valence-electron chi connectivity index (χ4n) is 2.76. The Balaban J connectivity index is 1.72. The van der Waals surface area contributed by atoms with E-state index >= 15 is 0 Å². The molecule has 28 heavy (non-hydrogen) atoms. The van der Waals surface area contributed by atoms with Crippen molar-refractivity contribution >= 4 is 17.5 Å². The summed E-state index contributed by atoms with van der Waals surface area (Å²) in [5.74, 6) is 0.481. The Morgan fingerprint density at radius 1 is 1.07 bits per heavy atom. The zero-order valence-electron chi connectivity index (χ0n) is 16.2. The van der Waals surface area contributed by atoms with Gasteiger partial charge in [-0.05, 0) is 49.1 Å². The van der Waals surface area contributed by atoms with Gasteiger partial charge in [0, 0.05) is 18.7 Å². The first-order valence-corrected chi connectivity index (χ1v) is 9.21. The molecule has 146 valence electrons. The van der Waals surface area contributed by atoms with Gasteiger partial charge in [0.25, 0.3) is 0 Å². The molecular weight excluding hydrogens is 354 g/mol. The molecule has 0 bridgehead atoms. The zero-order chi connectivity index (χ0) is 20.4. The van der Waals surface area contributed by atoms with E-state index in [4.69, 9.17) is 10.00 Å². The van der Waals surface area contributed by atoms with Crippen LogP contribution in [0.1, 0.15) is 36.0 Å². The number of hydrogen-bond donors (Lipinski definition) is 2. The lowest BCUT2D eigenvalue weighted by molar-refractivity contribution is -0.121. The van der Waals surface area contributed by atoms with Gasteiger partial charge in [-0.2, -0.15) is 5.26 Å². The van der Waals surface area contributed by atoms with Gasteiger partial charge in [-0.3, -0.25) is 9.59 Å². The van der Waals surface area contributed by atoms with Crippen molar-refractivity contribution in [1.82, 2.24) is 5.32 Å². The minimum atomic E-state index is -0.354. The number of amides is 2. The summed E-state index contributed by atoms with van der Waals surface area (Å²) < 4.78 is 5.81. The molecule has 0 fully saturated rings. The lowest BCUT2D eigenvalue weighted by atomic mass is 10.1. The van der Waals surface area contributed by atoms with E-state index in [0.29, 0.717) is 31.7 Å². The minimum Gasteiger partial charge on any atom is -0.493 e. The lowest BCUT2D eigenvalue weighted by Gasteiger charge is -2.12. The van der Waals surface area contributed by atoms with Crippen molar-refractivity contribution in [3.63, 3.8) is 0 Å². The molecule has 0 unspecified atom stereocenters. The van der Waals surface area contributed by atoms with E-state index in [9.17, 15) is 9.59 Å². The number of para-hydroxylation sites is 1. The van der Waals surface area contributed by atoms with Gasteiger partial charge >= 0.3 is 0 Å². The van der Waals surface area contributed by atoms with Crippen LogP contribution < -0.4 is 15.4 Å². The van der Waals surface area contributed by atoms with Gasteiger partial charge in [0.05, 0.1) is 12.7 Å². The Morgan fingerprint density at radius 3 is 2.50 bits per heavy atom. The van der Waals surface area contributed by atoms with E-state index in [2.05, 4.69) is 10.6 Å². The second kappa shape index (κ2) is 10.7. The molecule has 2 N–H and O–H groups in total. The maximum atomic E-state index is 12.0. The number of anilines is 1. The molecule has 2 aromatic carbocycles. The molecule has 6 nitrogen and oxygen atoms in total. The van der Waals surface area contributed by atoms with Gasteiger partial charge in [-0.25, -0.2) is 0 Å². The highest BCUT2D eigenvalue weighted by Crippen LogP contribution is 2.22. The van der Waals surface area contributed by atoms with Crippen molar-refractivity contribution in [1.29, 1.82) is 5.26 Å². The van der Waals surface area contributed by atoms with Crippen LogP contribution in [0.25, 0.3) is 0 Å². The number of nitrogens with one attached hydrogen (secondary N) is 2.